The van der Waals surface area contributed by atoms with Crippen LogP contribution in [0, 0.1) is 0 Å². The number of carbonyl (C=O) groups is 2. The Bertz CT molecular complexity index is 969. The van der Waals surface area contributed by atoms with Gasteiger partial charge in [0.2, 0.25) is 0 Å². The molecule has 0 N–H and O–H groups in total. The second-order valence-electron chi connectivity index (χ2n) is 6.42. The van der Waals surface area contributed by atoms with Crippen molar-refractivity contribution in [3.05, 3.63) is 23.8 Å². The highest BCUT2D eigenvalue weighted by molar-refractivity contribution is 7.91. The third kappa shape index (κ3) is 4.10. The highest BCUT2D eigenvalue weighted by Gasteiger charge is 2.34. The average molecular weight is 394 g/mol. The molecule has 9 nitrogen and oxygen atoms in total. The fraction of sp³-hybridized carbons (Fsp3) is 0.529. The van der Waals surface area contributed by atoms with Crippen molar-refractivity contribution in [1.29, 1.82) is 0 Å². The molecular formula is C17H22N4O5S. The molecule has 1 aromatic carbocycles. The molecular weight excluding hydrogens is 372 g/mol. The first kappa shape index (κ1) is 19.3. The first-order valence-electron chi connectivity index (χ1n) is 8.85. The quantitative estimate of drug-likeness (QED) is 0.661. The van der Waals surface area contributed by atoms with Gasteiger partial charge in [0.05, 0.1) is 22.6 Å². The van der Waals surface area contributed by atoms with Gasteiger partial charge in [0.25, 0.3) is 5.91 Å². The van der Waals surface area contributed by atoms with E-state index in [1.165, 1.54) is 4.90 Å². The lowest BCUT2D eigenvalue weighted by molar-refractivity contribution is -0.136. The number of ether oxygens (including phenoxy) is 1. The van der Waals surface area contributed by atoms with Crippen LogP contribution in [-0.2, 0) is 25.9 Å². The number of benzene rings is 1. The predicted octanol–water partition coefficient (Wildman–Crippen LogP) is 0.644. The summed E-state index contributed by atoms with van der Waals surface area (Å²) in [6.07, 6.45) is 0.416. The molecule has 0 aliphatic carbocycles. The van der Waals surface area contributed by atoms with Gasteiger partial charge in [0, 0.05) is 19.1 Å². The third-order valence-corrected chi connectivity index (χ3v) is 6.44. The Hall–Kier alpha value is -2.49. The number of fused-ring (bicyclic) bond motifs is 1. The smallest absolute Gasteiger partial charge is 0.338 e. The van der Waals surface area contributed by atoms with Crippen LogP contribution in [0.1, 0.15) is 30.6 Å². The highest BCUT2D eigenvalue weighted by atomic mass is 32.2. The Kier molecular flexibility index (Phi) is 5.45. The molecule has 0 bridgehead atoms. The minimum atomic E-state index is -3.10. The van der Waals surface area contributed by atoms with Crippen molar-refractivity contribution in [1.82, 2.24) is 19.9 Å². The molecule has 0 spiro atoms. The summed E-state index contributed by atoms with van der Waals surface area (Å²) in [4.78, 5) is 26.1. The first-order chi connectivity index (χ1) is 12.8. The Balaban J connectivity index is 1.63. The largest absolute Gasteiger partial charge is 0.452 e. The second kappa shape index (κ2) is 7.63. The average Bonchev–Trinajstić information content (AvgIpc) is 3.22. The molecule has 1 aromatic heterocycles. The van der Waals surface area contributed by atoms with Crippen molar-refractivity contribution in [2.45, 2.75) is 32.9 Å². The number of rotatable bonds is 6. The molecule has 0 radical (unpaired) electrons. The minimum Gasteiger partial charge on any atom is -0.452 e. The summed E-state index contributed by atoms with van der Waals surface area (Å²) in [6.45, 7) is 4.32. The van der Waals surface area contributed by atoms with Gasteiger partial charge in [-0.25, -0.2) is 17.9 Å². The Morgan fingerprint density at radius 2 is 2.11 bits per heavy atom. The standard InChI is InChI=1S/C17H22N4O5S/c1-3-20(13-7-8-27(24,25)11-13)16(22)10-26-17(23)12-5-6-15-14(9-12)18-19-21(15)4-2/h5-6,9,13H,3-4,7-8,10-11H2,1-2H3/t13-/m1/s1. The summed E-state index contributed by atoms with van der Waals surface area (Å²) in [5, 5.41) is 7.99. The summed E-state index contributed by atoms with van der Waals surface area (Å²) in [5.74, 6) is -0.985. The summed E-state index contributed by atoms with van der Waals surface area (Å²) < 4.78 is 30.1. The number of amides is 1. The van der Waals surface area contributed by atoms with Crippen LogP contribution in [0.4, 0.5) is 0 Å². The van der Waals surface area contributed by atoms with Gasteiger partial charge in [0.15, 0.2) is 16.4 Å². The lowest BCUT2D eigenvalue weighted by Crippen LogP contribution is -2.43. The van der Waals surface area contributed by atoms with Crippen molar-refractivity contribution < 1.29 is 22.7 Å². The van der Waals surface area contributed by atoms with Crippen molar-refractivity contribution >= 4 is 32.7 Å². The third-order valence-electron chi connectivity index (χ3n) is 4.69. The van der Waals surface area contributed by atoms with Crippen LogP contribution in [-0.4, -0.2) is 70.9 Å². The number of carbonyl (C=O) groups excluding carboxylic acids is 2. The molecule has 1 atom stereocenters. The van der Waals surface area contributed by atoms with Crippen molar-refractivity contribution in [3.63, 3.8) is 0 Å². The van der Waals surface area contributed by atoms with Gasteiger partial charge in [0.1, 0.15) is 5.52 Å². The molecule has 1 fully saturated rings. The molecule has 27 heavy (non-hydrogen) atoms. The molecule has 1 aliphatic rings. The zero-order chi connectivity index (χ0) is 19.6. The van der Waals surface area contributed by atoms with E-state index in [-0.39, 0.29) is 23.1 Å². The van der Waals surface area contributed by atoms with Crippen LogP contribution < -0.4 is 0 Å². The van der Waals surface area contributed by atoms with Gasteiger partial charge >= 0.3 is 5.97 Å². The summed E-state index contributed by atoms with van der Waals surface area (Å²) in [7, 11) is -3.10. The zero-order valence-corrected chi connectivity index (χ0v) is 16.1. The van der Waals surface area contributed by atoms with E-state index in [1.54, 1.807) is 29.8 Å². The Labute approximate surface area is 157 Å². The maximum absolute atomic E-state index is 12.4. The first-order valence-corrected chi connectivity index (χ1v) is 10.7. The van der Waals surface area contributed by atoms with E-state index >= 15 is 0 Å². The zero-order valence-electron chi connectivity index (χ0n) is 15.3. The maximum Gasteiger partial charge on any atom is 0.338 e. The number of aromatic nitrogens is 3. The van der Waals surface area contributed by atoms with Crippen LogP contribution in [0.15, 0.2) is 18.2 Å². The molecule has 3 rings (SSSR count). The number of hydrogen-bond acceptors (Lipinski definition) is 7. The fourth-order valence-electron chi connectivity index (χ4n) is 3.29. The number of likely N-dealkylation sites (N-methyl/N-ethyl adjacent to an activating group) is 1. The molecule has 2 aromatic rings. The lowest BCUT2D eigenvalue weighted by Gasteiger charge is -2.26. The normalized spacial score (nSPS) is 18.5. The van der Waals surface area contributed by atoms with Gasteiger partial charge in [-0.2, -0.15) is 0 Å². The number of sulfone groups is 1. The molecule has 2 heterocycles. The number of nitrogens with zero attached hydrogens (tertiary/aromatic N) is 4. The number of esters is 1. The van der Waals surface area contributed by atoms with Crippen LogP contribution in [0.5, 0.6) is 0 Å². The lowest BCUT2D eigenvalue weighted by atomic mass is 10.2. The van der Waals surface area contributed by atoms with Gasteiger partial charge < -0.3 is 9.64 Å². The van der Waals surface area contributed by atoms with Crippen LogP contribution >= 0.6 is 0 Å². The van der Waals surface area contributed by atoms with E-state index in [1.807, 2.05) is 6.92 Å². The predicted molar refractivity (Wildman–Crippen MR) is 97.9 cm³/mol. The highest BCUT2D eigenvalue weighted by Crippen LogP contribution is 2.18. The van der Waals surface area contributed by atoms with Crippen LogP contribution in [0.25, 0.3) is 11.0 Å². The summed E-state index contributed by atoms with van der Waals surface area (Å²) in [6, 6.07) is 4.55. The van der Waals surface area contributed by atoms with Crippen LogP contribution in [0.2, 0.25) is 0 Å². The summed E-state index contributed by atoms with van der Waals surface area (Å²) >= 11 is 0. The van der Waals surface area contributed by atoms with E-state index in [9.17, 15) is 18.0 Å². The minimum absolute atomic E-state index is 0.0374. The Morgan fingerprint density at radius 3 is 2.74 bits per heavy atom. The number of hydrogen-bond donors (Lipinski definition) is 0. The number of aryl methyl sites for hydroxylation is 1. The molecule has 1 saturated heterocycles. The fourth-order valence-corrected chi connectivity index (χ4v) is 5.02. The van der Waals surface area contributed by atoms with E-state index < -0.39 is 28.3 Å². The molecule has 10 heteroatoms. The topological polar surface area (TPSA) is 111 Å². The molecule has 0 unspecified atom stereocenters. The van der Waals surface area contributed by atoms with Crippen molar-refractivity contribution in [2.75, 3.05) is 24.7 Å². The van der Waals surface area contributed by atoms with Gasteiger partial charge in [-0.05, 0) is 38.5 Å². The van der Waals surface area contributed by atoms with Gasteiger partial charge in [-0.1, -0.05) is 5.21 Å². The van der Waals surface area contributed by atoms with Crippen molar-refractivity contribution in [2.24, 2.45) is 0 Å². The monoisotopic (exact) mass is 394 g/mol. The van der Waals surface area contributed by atoms with E-state index in [4.69, 9.17) is 4.74 Å². The van der Waals surface area contributed by atoms with Crippen molar-refractivity contribution in [3.8, 4) is 0 Å². The maximum atomic E-state index is 12.4. The Morgan fingerprint density at radius 1 is 1.33 bits per heavy atom. The van der Waals surface area contributed by atoms with E-state index in [0.717, 1.165) is 5.52 Å². The second-order valence-corrected chi connectivity index (χ2v) is 8.65. The molecule has 1 amide bonds. The van der Waals surface area contributed by atoms with Crippen LogP contribution in [0.3, 0.4) is 0 Å². The summed E-state index contributed by atoms with van der Waals surface area (Å²) in [5.41, 5.74) is 1.67. The molecule has 1 aliphatic heterocycles. The van der Waals surface area contributed by atoms with Gasteiger partial charge in [-0.3, -0.25) is 4.79 Å². The van der Waals surface area contributed by atoms with E-state index in [0.29, 0.717) is 25.0 Å². The molecule has 0 saturated carbocycles. The van der Waals surface area contributed by atoms with Gasteiger partial charge in [-0.15, -0.1) is 5.10 Å². The van der Waals surface area contributed by atoms with E-state index in [2.05, 4.69) is 10.3 Å². The molecule has 146 valence electrons. The SMILES string of the molecule is CCN(C(=O)COC(=O)c1ccc2c(c1)nnn2CC)[C@@H]1CCS(=O)(=O)C1.